The van der Waals surface area contributed by atoms with Crippen molar-refractivity contribution in [2.24, 2.45) is 11.8 Å². The summed E-state index contributed by atoms with van der Waals surface area (Å²) in [5, 5.41) is 3.83. The molecule has 0 aromatic heterocycles. The van der Waals surface area contributed by atoms with E-state index in [1.807, 2.05) is 0 Å². The summed E-state index contributed by atoms with van der Waals surface area (Å²) < 4.78 is 6.25. The highest BCUT2D eigenvalue weighted by Gasteiger charge is 2.42. The first-order valence-corrected chi connectivity index (χ1v) is 8.72. The summed E-state index contributed by atoms with van der Waals surface area (Å²) in [6.45, 7) is 3.19. The summed E-state index contributed by atoms with van der Waals surface area (Å²) in [4.78, 5) is 0. The summed E-state index contributed by atoms with van der Waals surface area (Å²) in [7, 11) is 0. The standard InChI is InChI=1S/C20H25NO/c1-2-14-10-11-18-17(13-14)20-16(9-6-12-22-20)19(21-18)15-7-4-3-5-8-15/h3-5,7-8,11,13-14,16,19-21H,2,6,9-10,12H2,1H3/t14?,16-,19-,20-/m0/s1. The fraction of sp³-hybridized carbons (Fsp3) is 0.500. The summed E-state index contributed by atoms with van der Waals surface area (Å²) in [6, 6.07) is 11.3. The highest BCUT2D eigenvalue weighted by Crippen LogP contribution is 2.44. The van der Waals surface area contributed by atoms with Crippen LogP contribution in [0.3, 0.4) is 0 Å². The molecule has 1 aliphatic carbocycles. The van der Waals surface area contributed by atoms with E-state index in [4.69, 9.17) is 4.74 Å². The number of nitrogens with one attached hydrogen (secondary N) is 1. The summed E-state index contributed by atoms with van der Waals surface area (Å²) in [5.74, 6) is 1.23. The Morgan fingerprint density at radius 1 is 1.23 bits per heavy atom. The molecule has 3 aliphatic rings. The van der Waals surface area contributed by atoms with Gasteiger partial charge in [0.1, 0.15) is 0 Å². The van der Waals surface area contributed by atoms with Crippen LogP contribution < -0.4 is 5.32 Å². The zero-order valence-electron chi connectivity index (χ0n) is 13.3. The van der Waals surface area contributed by atoms with Gasteiger partial charge in [0.25, 0.3) is 0 Å². The maximum atomic E-state index is 6.25. The molecule has 0 saturated carbocycles. The molecule has 1 N–H and O–H groups in total. The molecule has 2 heterocycles. The highest BCUT2D eigenvalue weighted by molar-refractivity contribution is 5.42. The van der Waals surface area contributed by atoms with Crippen molar-refractivity contribution in [1.29, 1.82) is 0 Å². The van der Waals surface area contributed by atoms with E-state index >= 15 is 0 Å². The maximum Gasteiger partial charge on any atom is 0.0892 e. The van der Waals surface area contributed by atoms with E-state index in [9.17, 15) is 0 Å². The molecule has 22 heavy (non-hydrogen) atoms. The Bertz CT molecular complexity index is 589. The Hall–Kier alpha value is -1.54. The monoisotopic (exact) mass is 295 g/mol. The van der Waals surface area contributed by atoms with Crippen molar-refractivity contribution in [3.8, 4) is 0 Å². The van der Waals surface area contributed by atoms with E-state index in [1.165, 1.54) is 36.1 Å². The van der Waals surface area contributed by atoms with Crippen molar-refractivity contribution in [3.63, 3.8) is 0 Å². The number of benzene rings is 1. The average molecular weight is 295 g/mol. The van der Waals surface area contributed by atoms with Crippen molar-refractivity contribution in [2.75, 3.05) is 6.61 Å². The largest absolute Gasteiger partial charge is 0.378 e. The molecule has 2 heteroatoms. The van der Waals surface area contributed by atoms with E-state index in [1.54, 1.807) is 0 Å². The number of fused-ring (bicyclic) bond motifs is 3. The molecule has 0 spiro atoms. The quantitative estimate of drug-likeness (QED) is 0.875. The second-order valence-corrected chi connectivity index (χ2v) is 6.77. The summed E-state index contributed by atoms with van der Waals surface area (Å²) >= 11 is 0. The van der Waals surface area contributed by atoms with Gasteiger partial charge in [0.2, 0.25) is 0 Å². The minimum atomic E-state index is 0.279. The number of piperidine rings is 1. The lowest BCUT2D eigenvalue weighted by molar-refractivity contribution is -0.0242. The second kappa shape index (κ2) is 5.92. The van der Waals surface area contributed by atoms with Gasteiger partial charge in [0.15, 0.2) is 0 Å². The molecule has 116 valence electrons. The predicted molar refractivity (Wildman–Crippen MR) is 89.3 cm³/mol. The molecule has 0 bridgehead atoms. The highest BCUT2D eigenvalue weighted by atomic mass is 16.5. The predicted octanol–water partition coefficient (Wildman–Crippen LogP) is 4.37. The Kier molecular flexibility index (Phi) is 3.79. The van der Waals surface area contributed by atoms with Crippen LogP contribution in [0.25, 0.3) is 0 Å². The minimum Gasteiger partial charge on any atom is -0.378 e. The van der Waals surface area contributed by atoms with Gasteiger partial charge in [-0.25, -0.2) is 0 Å². The lowest BCUT2D eigenvalue weighted by Gasteiger charge is -2.46. The van der Waals surface area contributed by atoms with Crippen molar-refractivity contribution in [1.82, 2.24) is 5.32 Å². The zero-order chi connectivity index (χ0) is 14.9. The van der Waals surface area contributed by atoms with Gasteiger partial charge in [-0.3, -0.25) is 0 Å². The third kappa shape index (κ3) is 2.40. The third-order valence-electron chi connectivity index (χ3n) is 5.45. The fourth-order valence-electron chi connectivity index (χ4n) is 4.21. The van der Waals surface area contributed by atoms with Gasteiger partial charge in [-0.2, -0.15) is 0 Å². The van der Waals surface area contributed by atoms with E-state index < -0.39 is 0 Å². The zero-order valence-corrected chi connectivity index (χ0v) is 13.3. The van der Waals surface area contributed by atoms with Crippen molar-refractivity contribution in [3.05, 3.63) is 59.3 Å². The second-order valence-electron chi connectivity index (χ2n) is 6.77. The van der Waals surface area contributed by atoms with Crippen LogP contribution in [-0.4, -0.2) is 12.7 Å². The van der Waals surface area contributed by atoms with Gasteiger partial charge in [-0.15, -0.1) is 0 Å². The van der Waals surface area contributed by atoms with Crippen LogP contribution in [0.4, 0.5) is 0 Å². The molecule has 2 fully saturated rings. The van der Waals surface area contributed by atoms with Gasteiger partial charge in [0, 0.05) is 23.8 Å². The van der Waals surface area contributed by atoms with E-state index in [0.717, 1.165) is 13.0 Å². The lowest BCUT2D eigenvalue weighted by atomic mass is 9.74. The Labute approximate surface area is 133 Å². The van der Waals surface area contributed by atoms with Crippen molar-refractivity contribution < 1.29 is 4.74 Å². The Morgan fingerprint density at radius 2 is 2.09 bits per heavy atom. The molecular weight excluding hydrogens is 270 g/mol. The summed E-state index contributed by atoms with van der Waals surface area (Å²) in [6.07, 6.45) is 9.95. The molecular formula is C20H25NO. The number of hydrogen-bond acceptors (Lipinski definition) is 2. The van der Waals surface area contributed by atoms with Crippen LogP contribution in [0.15, 0.2) is 53.8 Å². The number of ether oxygens (including phenoxy) is 1. The number of hydrogen-bond donors (Lipinski definition) is 1. The molecule has 0 amide bonds. The minimum absolute atomic E-state index is 0.279. The average Bonchev–Trinajstić information content (AvgIpc) is 2.61. The van der Waals surface area contributed by atoms with Gasteiger partial charge < -0.3 is 10.1 Å². The van der Waals surface area contributed by atoms with E-state index in [-0.39, 0.29) is 6.10 Å². The van der Waals surface area contributed by atoms with Gasteiger partial charge in [-0.1, -0.05) is 49.4 Å². The van der Waals surface area contributed by atoms with E-state index in [2.05, 4.69) is 54.7 Å². The fourth-order valence-corrected chi connectivity index (χ4v) is 4.21. The molecule has 1 aromatic rings. The molecule has 1 aromatic carbocycles. The van der Waals surface area contributed by atoms with Gasteiger partial charge in [-0.05, 0) is 37.2 Å². The van der Waals surface area contributed by atoms with Crippen molar-refractivity contribution in [2.45, 2.75) is 44.8 Å². The van der Waals surface area contributed by atoms with E-state index in [0.29, 0.717) is 17.9 Å². The molecule has 2 aliphatic heterocycles. The Morgan fingerprint density at radius 3 is 2.91 bits per heavy atom. The molecule has 0 radical (unpaired) electrons. The first-order valence-electron chi connectivity index (χ1n) is 8.72. The topological polar surface area (TPSA) is 21.3 Å². The summed E-state index contributed by atoms with van der Waals surface area (Å²) in [5.41, 5.74) is 4.14. The molecule has 4 rings (SSSR count). The van der Waals surface area contributed by atoms with Crippen LogP contribution in [0.5, 0.6) is 0 Å². The van der Waals surface area contributed by atoms with Crippen LogP contribution >= 0.6 is 0 Å². The number of allylic oxidation sites excluding steroid dienone is 2. The molecule has 2 saturated heterocycles. The van der Waals surface area contributed by atoms with Gasteiger partial charge >= 0.3 is 0 Å². The number of rotatable bonds is 2. The van der Waals surface area contributed by atoms with Gasteiger partial charge in [0.05, 0.1) is 12.1 Å². The maximum absolute atomic E-state index is 6.25. The van der Waals surface area contributed by atoms with Crippen molar-refractivity contribution >= 4 is 0 Å². The molecule has 2 nitrogen and oxygen atoms in total. The first-order chi connectivity index (χ1) is 10.9. The Balaban J connectivity index is 1.70. The molecule has 1 unspecified atom stereocenters. The van der Waals surface area contributed by atoms with Crippen LogP contribution in [0.1, 0.15) is 44.2 Å². The normalized spacial score (nSPS) is 33.9. The third-order valence-corrected chi connectivity index (χ3v) is 5.45. The first kappa shape index (κ1) is 14.1. The molecule has 4 atom stereocenters. The van der Waals surface area contributed by atoms with Crippen LogP contribution in [-0.2, 0) is 4.74 Å². The SMILES string of the molecule is CCC1C=C2C(=CC1)N[C@@H](c1ccccc1)[C@@H]1CCCO[C@H]21. The van der Waals surface area contributed by atoms with Crippen LogP contribution in [0.2, 0.25) is 0 Å². The smallest absolute Gasteiger partial charge is 0.0892 e. The van der Waals surface area contributed by atoms with Crippen LogP contribution in [0, 0.1) is 11.8 Å². The lowest BCUT2D eigenvalue weighted by Crippen LogP contribution is -2.47.